The molecule has 0 spiro atoms. The third-order valence-corrected chi connectivity index (χ3v) is 7.69. The van der Waals surface area contributed by atoms with Crippen molar-refractivity contribution in [2.24, 2.45) is 0 Å². The van der Waals surface area contributed by atoms with E-state index in [9.17, 15) is 0 Å². The average Bonchev–Trinajstić information content (AvgIpc) is 3.46. The highest BCUT2D eigenvalue weighted by Gasteiger charge is 2.14. The van der Waals surface area contributed by atoms with E-state index in [1.807, 2.05) is 42.7 Å². The first-order chi connectivity index (χ1) is 14.8. The molecule has 2 aromatic heterocycles. The molecule has 0 unspecified atom stereocenters. The van der Waals surface area contributed by atoms with Crippen LogP contribution in [0.5, 0.6) is 0 Å². The van der Waals surface area contributed by atoms with Crippen LogP contribution in [0.15, 0.2) is 68.6 Å². The summed E-state index contributed by atoms with van der Waals surface area (Å²) in [6.45, 7) is 0. The van der Waals surface area contributed by atoms with Gasteiger partial charge in [0.05, 0.1) is 11.4 Å². The summed E-state index contributed by atoms with van der Waals surface area (Å²) in [5, 5.41) is 25.8. The van der Waals surface area contributed by atoms with E-state index in [0.717, 1.165) is 43.0 Å². The lowest BCUT2D eigenvalue weighted by atomic mass is 10.3. The fraction of sp³-hybridized carbons (Fsp3) is 0.222. The van der Waals surface area contributed by atoms with Gasteiger partial charge in [0.15, 0.2) is 0 Å². The highest BCUT2D eigenvalue weighted by Crippen LogP contribution is 2.30. The number of aromatic nitrogens is 8. The van der Waals surface area contributed by atoms with E-state index in [-0.39, 0.29) is 0 Å². The lowest BCUT2D eigenvalue weighted by Crippen LogP contribution is -2.02. The molecular weight excluding hydrogens is 457 g/mol. The maximum atomic E-state index is 4.21. The van der Waals surface area contributed by atoms with Gasteiger partial charge in [-0.3, -0.25) is 0 Å². The summed E-state index contributed by atoms with van der Waals surface area (Å²) >= 11 is 6.61. The average molecular weight is 475 g/mol. The number of thioether (sulfide) groups is 4. The Morgan fingerprint density at radius 2 is 1.23 bits per heavy atom. The van der Waals surface area contributed by atoms with Crippen LogP contribution in [-0.4, -0.2) is 64.4 Å². The summed E-state index contributed by atoms with van der Waals surface area (Å²) in [6.07, 6.45) is 4.02. The number of benzene rings is 2. The Morgan fingerprint density at radius 3 is 1.93 bits per heavy atom. The van der Waals surface area contributed by atoms with E-state index in [4.69, 9.17) is 0 Å². The van der Waals surface area contributed by atoms with E-state index in [1.165, 1.54) is 11.8 Å². The fourth-order valence-corrected chi connectivity index (χ4v) is 5.62. The topological polar surface area (TPSA) is 87.2 Å². The second-order valence-electron chi connectivity index (χ2n) is 5.79. The van der Waals surface area contributed by atoms with Gasteiger partial charge in [0.1, 0.15) is 0 Å². The minimum absolute atomic E-state index is 0.768. The lowest BCUT2D eigenvalue weighted by Gasteiger charge is -2.10. The van der Waals surface area contributed by atoms with Crippen LogP contribution in [0.3, 0.4) is 0 Å². The van der Waals surface area contributed by atoms with Crippen LogP contribution in [0.2, 0.25) is 0 Å². The zero-order valence-corrected chi connectivity index (χ0v) is 19.5. The molecule has 2 heterocycles. The van der Waals surface area contributed by atoms with Gasteiger partial charge in [-0.15, -0.1) is 33.7 Å². The highest BCUT2D eigenvalue weighted by molar-refractivity contribution is 8.03. The van der Waals surface area contributed by atoms with Crippen molar-refractivity contribution in [2.75, 3.05) is 24.0 Å². The quantitative estimate of drug-likeness (QED) is 0.262. The van der Waals surface area contributed by atoms with Gasteiger partial charge in [0, 0.05) is 21.3 Å². The van der Waals surface area contributed by atoms with E-state index < -0.39 is 0 Å². The monoisotopic (exact) mass is 474 g/mol. The Kier molecular flexibility index (Phi) is 7.31. The molecule has 12 heteroatoms. The van der Waals surface area contributed by atoms with Crippen molar-refractivity contribution in [3.05, 3.63) is 48.5 Å². The van der Waals surface area contributed by atoms with Crippen LogP contribution in [0.25, 0.3) is 11.4 Å². The SMILES string of the molecule is CSc1ccccc1-n1nnnc1SCCSc1ccccc1-n1nnnc1SC. The van der Waals surface area contributed by atoms with Gasteiger partial charge in [-0.2, -0.15) is 9.36 Å². The third kappa shape index (κ3) is 4.66. The van der Waals surface area contributed by atoms with Crippen molar-refractivity contribution < 1.29 is 0 Å². The zero-order valence-electron chi connectivity index (χ0n) is 16.2. The van der Waals surface area contributed by atoms with E-state index in [1.54, 1.807) is 44.6 Å². The number of tetrazole rings is 2. The zero-order chi connectivity index (χ0) is 20.8. The molecule has 0 aliphatic rings. The molecule has 0 aliphatic heterocycles. The Balaban J connectivity index is 1.43. The maximum absolute atomic E-state index is 4.21. The molecule has 8 nitrogen and oxygen atoms in total. The highest BCUT2D eigenvalue weighted by atomic mass is 32.2. The van der Waals surface area contributed by atoms with Crippen LogP contribution in [-0.2, 0) is 0 Å². The Bertz CT molecular complexity index is 1110. The molecule has 0 N–H and O–H groups in total. The lowest BCUT2D eigenvalue weighted by molar-refractivity contribution is 0.745. The number of hydrogen-bond donors (Lipinski definition) is 0. The molecule has 30 heavy (non-hydrogen) atoms. The van der Waals surface area contributed by atoms with E-state index >= 15 is 0 Å². The molecule has 0 atom stereocenters. The van der Waals surface area contributed by atoms with Crippen LogP contribution < -0.4 is 0 Å². The summed E-state index contributed by atoms with van der Waals surface area (Å²) in [5.74, 6) is 1.77. The number of nitrogens with zero attached hydrogens (tertiary/aromatic N) is 8. The molecule has 4 rings (SSSR count). The van der Waals surface area contributed by atoms with Crippen molar-refractivity contribution in [1.29, 1.82) is 0 Å². The molecule has 154 valence electrons. The van der Waals surface area contributed by atoms with Gasteiger partial charge < -0.3 is 0 Å². The largest absolute Gasteiger partial charge is 0.214 e. The molecule has 2 aromatic carbocycles. The minimum atomic E-state index is 0.768. The van der Waals surface area contributed by atoms with Gasteiger partial charge in [-0.25, -0.2) is 0 Å². The van der Waals surface area contributed by atoms with Crippen LogP contribution in [0.4, 0.5) is 0 Å². The second-order valence-corrected chi connectivity index (χ2v) is 9.61. The molecule has 0 fully saturated rings. The van der Waals surface area contributed by atoms with Crippen molar-refractivity contribution in [1.82, 2.24) is 40.4 Å². The van der Waals surface area contributed by atoms with Crippen LogP contribution >= 0.6 is 47.0 Å². The first-order valence-electron chi connectivity index (χ1n) is 8.91. The molecule has 0 saturated carbocycles. The number of para-hydroxylation sites is 2. The first kappa shape index (κ1) is 21.2. The van der Waals surface area contributed by atoms with Crippen molar-refractivity contribution in [3.8, 4) is 11.4 Å². The number of rotatable bonds is 9. The predicted molar refractivity (Wildman–Crippen MR) is 123 cm³/mol. The second kappa shape index (κ2) is 10.3. The summed E-state index contributed by atoms with van der Waals surface area (Å²) in [7, 11) is 0. The minimum Gasteiger partial charge on any atom is -0.186 e. The third-order valence-electron chi connectivity index (χ3n) is 4.04. The van der Waals surface area contributed by atoms with Gasteiger partial charge in [0.2, 0.25) is 10.3 Å². The van der Waals surface area contributed by atoms with Gasteiger partial charge in [-0.05, 0) is 57.6 Å². The van der Waals surface area contributed by atoms with Gasteiger partial charge >= 0.3 is 0 Å². The molecule has 4 aromatic rings. The molecule has 0 bridgehead atoms. The van der Waals surface area contributed by atoms with Gasteiger partial charge in [0.25, 0.3) is 0 Å². The van der Waals surface area contributed by atoms with E-state index in [2.05, 4.69) is 49.4 Å². The Morgan fingerprint density at radius 1 is 0.667 bits per heavy atom. The summed E-state index contributed by atoms with van der Waals surface area (Å²) in [5.41, 5.74) is 1.99. The summed E-state index contributed by atoms with van der Waals surface area (Å²) in [4.78, 5) is 2.27. The van der Waals surface area contributed by atoms with Crippen molar-refractivity contribution in [2.45, 2.75) is 20.1 Å². The molecular formula is C18H18N8S4. The standard InChI is InChI=1S/C18H18N8S4/c1-27-15-9-5-3-7-13(15)26-18(20-22-24-26)30-12-11-29-16-10-6-4-8-14(16)25-17(28-2)19-21-23-25/h3-10H,11-12H2,1-2H3. The normalized spacial score (nSPS) is 11.1. The summed E-state index contributed by atoms with van der Waals surface area (Å²) < 4.78 is 3.58. The summed E-state index contributed by atoms with van der Waals surface area (Å²) in [6, 6.07) is 16.3. The molecule has 0 aliphatic carbocycles. The molecule has 0 radical (unpaired) electrons. The Labute approximate surface area is 191 Å². The predicted octanol–water partition coefficient (Wildman–Crippen LogP) is 3.97. The number of hydrogen-bond acceptors (Lipinski definition) is 10. The van der Waals surface area contributed by atoms with Crippen LogP contribution in [0.1, 0.15) is 0 Å². The smallest absolute Gasteiger partial charge is 0.186 e. The molecule has 0 amide bonds. The van der Waals surface area contributed by atoms with Crippen molar-refractivity contribution >= 4 is 47.0 Å². The first-order valence-corrected chi connectivity index (χ1v) is 13.3. The Hall–Kier alpha value is -2.02. The van der Waals surface area contributed by atoms with Crippen molar-refractivity contribution in [3.63, 3.8) is 0 Å². The molecule has 0 saturated heterocycles. The fourth-order valence-electron chi connectivity index (χ4n) is 2.72. The van der Waals surface area contributed by atoms with Gasteiger partial charge in [-0.1, -0.05) is 47.8 Å². The van der Waals surface area contributed by atoms with Crippen LogP contribution in [0, 0.1) is 0 Å². The van der Waals surface area contributed by atoms with E-state index in [0.29, 0.717) is 0 Å². The maximum Gasteiger partial charge on any atom is 0.214 e.